The van der Waals surface area contributed by atoms with Gasteiger partial charge in [-0.3, -0.25) is 0 Å². The Kier molecular flexibility index (Phi) is 3.79. The molecule has 0 aliphatic carbocycles. The van der Waals surface area contributed by atoms with E-state index in [1.54, 1.807) is 0 Å². The lowest BCUT2D eigenvalue weighted by Crippen LogP contribution is -2.07. The molecular weight excluding hydrogens is 210 g/mol. The lowest BCUT2D eigenvalue weighted by Gasteiger charge is -2.12. The van der Waals surface area contributed by atoms with Crippen LogP contribution in [-0.2, 0) is 6.42 Å². The summed E-state index contributed by atoms with van der Waals surface area (Å²) < 4.78 is 2.34. The van der Waals surface area contributed by atoms with E-state index in [1.165, 1.54) is 11.3 Å². The molecule has 0 amide bonds. The molecule has 17 heavy (non-hydrogen) atoms. The van der Waals surface area contributed by atoms with Crippen molar-refractivity contribution in [2.75, 3.05) is 6.54 Å². The minimum absolute atomic E-state index is 0.454. The van der Waals surface area contributed by atoms with E-state index in [9.17, 15) is 0 Å². The van der Waals surface area contributed by atoms with Crippen molar-refractivity contribution in [2.45, 2.75) is 39.2 Å². The number of rotatable bonds is 5. The predicted octanol–water partition coefficient (Wildman–Crippen LogP) is 2.90. The molecule has 2 rings (SSSR count). The van der Waals surface area contributed by atoms with Crippen molar-refractivity contribution < 1.29 is 0 Å². The van der Waals surface area contributed by atoms with Crippen LogP contribution in [0.15, 0.2) is 24.3 Å². The monoisotopic (exact) mass is 231 g/mol. The Labute approximate surface area is 103 Å². The van der Waals surface area contributed by atoms with Crippen LogP contribution in [0.5, 0.6) is 0 Å². The largest absolute Gasteiger partial charge is 0.330 e. The van der Waals surface area contributed by atoms with Crippen molar-refractivity contribution in [3.63, 3.8) is 0 Å². The molecular formula is C14H21N3. The Balaban J connectivity index is 2.36. The van der Waals surface area contributed by atoms with E-state index < -0.39 is 0 Å². The molecule has 0 saturated heterocycles. The summed E-state index contributed by atoms with van der Waals surface area (Å²) in [4.78, 5) is 4.73. The van der Waals surface area contributed by atoms with E-state index in [1.807, 2.05) is 6.07 Å². The summed E-state index contributed by atoms with van der Waals surface area (Å²) in [6, 6.07) is 8.81. The smallest absolute Gasteiger partial charge is 0.110 e. The fraction of sp³-hybridized carbons (Fsp3) is 0.500. The van der Waals surface area contributed by atoms with E-state index in [-0.39, 0.29) is 0 Å². The van der Waals surface area contributed by atoms with Gasteiger partial charge in [0, 0.05) is 12.5 Å². The molecule has 0 bridgehead atoms. The average Bonchev–Trinajstić information content (AvgIpc) is 2.67. The third-order valence-corrected chi connectivity index (χ3v) is 3.04. The number of benzene rings is 1. The Bertz CT molecular complexity index is 485. The Morgan fingerprint density at radius 3 is 2.71 bits per heavy atom. The Hall–Kier alpha value is -1.35. The van der Waals surface area contributed by atoms with Crippen LogP contribution in [0.25, 0.3) is 11.0 Å². The van der Waals surface area contributed by atoms with Gasteiger partial charge in [-0.25, -0.2) is 4.98 Å². The summed E-state index contributed by atoms with van der Waals surface area (Å²) in [5.41, 5.74) is 7.88. The molecule has 0 spiro atoms. The summed E-state index contributed by atoms with van der Waals surface area (Å²) in [6.07, 6.45) is 3.21. The second kappa shape index (κ2) is 5.32. The number of imidazole rings is 1. The van der Waals surface area contributed by atoms with E-state index in [4.69, 9.17) is 10.7 Å². The average molecular weight is 231 g/mol. The molecule has 3 heteroatoms. The maximum Gasteiger partial charge on any atom is 0.110 e. The minimum atomic E-state index is 0.454. The molecule has 0 saturated carbocycles. The topological polar surface area (TPSA) is 43.8 Å². The number of fused-ring (bicyclic) bond motifs is 1. The highest BCUT2D eigenvalue weighted by molar-refractivity contribution is 5.76. The summed E-state index contributed by atoms with van der Waals surface area (Å²) >= 11 is 0. The van der Waals surface area contributed by atoms with Crippen molar-refractivity contribution >= 4 is 11.0 Å². The summed E-state index contributed by atoms with van der Waals surface area (Å²) in [5, 5.41) is 0. The van der Waals surface area contributed by atoms with E-state index in [2.05, 4.69) is 36.6 Å². The number of hydrogen-bond acceptors (Lipinski definition) is 2. The molecule has 0 atom stereocenters. The van der Waals surface area contributed by atoms with Gasteiger partial charge in [0.25, 0.3) is 0 Å². The van der Waals surface area contributed by atoms with E-state index in [0.29, 0.717) is 6.04 Å². The molecule has 0 fully saturated rings. The number of nitrogens with two attached hydrogens (primary N) is 1. The van der Waals surface area contributed by atoms with Gasteiger partial charge in [-0.1, -0.05) is 12.1 Å². The van der Waals surface area contributed by atoms with Crippen molar-refractivity contribution in [1.82, 2.24) is 9.55 Å². The van der Waals surface area contributed by atoms with Gasteiger partial charge in [0.15, 0.2) is 0 Å². The number of aromatic nitrogens is 2. The first-order valence-electron chi connectivity index (χ1n) is 6.40. The van der Waals surface area contributed by atoms with Gasteiger partial charge >= 0.3 is 0 Å². The van der Waals surface area contributed by atoms with Crippen LogP contribution in [0.3, 0.4) is 0 Å². The normalized spacial score (nSPS) is 11.5. The minimum Gasteiger partial charge on any atom is -0.330 e. The molecule has 0 aliphatic rings. The van der Waals surface area contributed by atoms with Gasteiger partial charge < -0.3 is 10.3 Å². The Morgan fingerprint density at radius 1 is 1.24 bits per heavy atom. The van der Waals surface area contributed by atoms with Crippen LogP contribution in [0.2, 0.25) is 0 Å². The van der Waals surface area contributed by atoms with Crippen LogP contribution in [0.4, 0.5) is 0 Å². The highest BCUT2D eigenvalue weighted by Crippen LogP contribution is 2.21. The Morgan fingerprint density at radius 2 is 2.00 bits per heavy atom. The molecule has 0 aliphatic heterocycles. The number of hydrogen-bond donors (Lipinski definition) is 1. The number of para-hydroxylation sites is 2. The van der Waals surface area contributed by atoms with Crippen molar-refractivity contribution in [1.29, 1.82) is 0 Å². The zero-order valence-electron chi connectivity index (χ0n) is 10.7. The first kappa shape index (κ1) is 12.1. The van der Waals surface area contributed by atoms with Gasteiger partial charge in [-0.05, 0) is 45.4 Å². The molecule has 1 heterocycles. The second-order valence-electron chi connectivity index (χ2n) is 4.73. The molecule has 1 aromatic heterocycles. The van der Waals surface area contributed by atoms with Crippen molar-refractivity contribution in [2.24, 2.45) is 5.73 Å². The summed E-state index contributed by atoms with van der Waals surface area (Å²) in [5.74, 6) is 1.19. The molecule has 0 unspecified atom stereocenters. The third kappa shape index (κ3) is 2.50. The van der Waals surface area contributed by atoms with Crippen LogP contribution < -0.4 is 5.73 Å². The first-order valence-corrected chi connectivity index (χ1v) is 6.40. The number of unbranched alkanes of at least 4 members (excludes halogenated alkanes) is 1. The highest BCUT2D eigenvalue weighted by atomic mass is 15.1. The highest BCUT2D eigenvalue weighted by Gasteiger charge is 2.11. The van der Waals surface area contributed by atoms with Crippen molar-refractivity contribution in [3.05, 3.63) is 30.1 Å². The summed E-state index contributed by atoms with van der Waals surface area (Å²) in [6.45, 7) is 5.18. The van der Waals surface area contributed by atoms with Gasteiger partial charge in [0.05, 0.1) is 11.0 Å². The first-order chi connectivity index (χ1) is 8.24. The van der Waals surface area contributed by atoms with E-state index >= 15 is 0 Å². The van der Waals surface area contributed by atoms with Gasteiger partial charge in [0.2, 0.25) is 0 Å². The van der Waals surface area contributed by atoms with Gasteiger partial charge in [-0.15, -0.1) is 0 Å². The maximum absolute atomic E-state index is 5.54. The van der Waals surface area contributed by atoms with Crippen molar-refractivity contribution in [3.8, 4) is 0 Å². The summed E-state index contributed by atoms with van der Waals surface area (Å²) in [7, 11) is 0. The molecule has 3 nitrogen and oxygen atoms in total. The lowest BCUT2D eigenvalue weighted by atomic mass is 10.2. The standard InChI is InChI=1S/C14H21N3/c1-11(2)17-13-8-4-3-7-12(13)16-14(17)9-5-6-10-15/h3-4,7-8,11H,5-6,9-10,15H2,1-2H3. The maximum atomic E-state index is 5.54. The molecule has 1 aromatic carbocycles. The SMILES string of the molecule is CC(C)n1c(CCCCN)nc2ccccc21. The molecule has 2 N–H and O–H groups in total. The molecule has 2 aromatic rings. The second-order valence-corrected chi connectivity index (χ2v) is 4.73. The van der Waals surface area contributed by atoms with Crippen LogP contribution >= 0.6 is 0 Å². The number of nitrogens with zero attached hydrogens (tertiary/aromatic N) is 2. The number of aryl methyl sites for hydroxylation is 1. The van der Waals surface area contributed by atoms with Crippen LogP contribution in [-0.4, -0.2) is 16.1 Å². The van der Waals surface area contributed by atoms with Crippen LogP contribution in [0, 0.1) is 0 Å². The lowest BCUT2D eigenvalue weighted by molar-refractivity contribution is 0.571. The fourth-order valence-corrected chi connectivity index (χ4v) is 2.27. The van der Waals surface area contributed by atoms with Crippen LogP contribution in [0.1, 0.15) is 38.6 Å². The van der Waals surface area contributed by atoms with E-state index in [0.717, 1.165) is 31.3 Å². The zero-order valence-corrected chi connectivity index (χ0v) is 10.7. The molecule has 92 valence electrons. The van der Waals surface area contributed by atoms with Gasteiger partial charge in [-0.2, -0.15) is 0 Å². The zero-order chi connectivity index (χ0) is 12.3. The third-order valence-electron chi connectivity index (χ3n) is 3.04. The quantitative estimate of drug-likeness (QED) is 0.804. The van der Waals surface area contributed by atoms with Gasteiger partial charge in [0.1, 0.15) is 5.82 Å². The fourth-order valence-electron chi connectivity index (χ4n) is 2.27. The predicted molar refractivity (Wildman–Crippen MR) is 72.1 cm³/mol. The molecule has 0 radical (unpaired) electrons.